The SMILES string of the molecule is CNCC(COC=O)OC=O. The molecule has 0 aromatic carbocycles. The molecule has 5 nitrogen and oxygen atoms in total. The molecule has 0 amide bonds. The van der Waals surface area contributed by atoms with Crippen molar-refractivity contribution in [3.8, 4) is 0 Å². The van der Waals surface area contributed by atoms with Crippen LogP contribution >= 0.6 is 0 Å². The first-order valence-electron chi connectivity index (χ1n) is 3.14. The molecule has 64 valence electrons. The minimum absolute atomic E-state index is 0.0864. The molecule has 1 N–H and O–H groups in total. The van der Waals surface area contributed by atoms with Crippen LogP contribution in [0.1, 0.15) is 0 Å². The monoisotopic (exact) mass is 161 g/mol. The summed E-state index contributed by atoms with van der Waals surface area (Å²) in [7, 11) is 1.71. The van der Waals surface area contributed by atoms with Gasteiger partial charge in [-0.3, -0.25) is 9.59 Å². The van der Waals surface area contributed by atoms with E-state index in [2.05, 4.69) is 14.8 Å². The van der Waals surface area contributed by atoms with E-state index in [0.29, 0.717) is 19.5 Å². The molecule has 0 radical (unpaired) electrons. The molecule has 5 heteroatoms. The second kappa shape index (κ2) is 7.01. The van der Waals surface area contributed by atoms with Gasteiger partial charge < -0.3 is 14.8 Å². The third-order valence-electron chi connectivity index (χ3n) is 1.03. The van der Waals surface area contributed by atoms with E-state index >= 15 is 0 Å². The zero-order chi connectivity index (χ0) is 8.53. The lowest BCUT2D eigenvalue weighted by molar-refractivity contribution is -0.142. The highest BCUT2D eigenvalue weighted by Gasteiger charge is 2.07. The Morgan fingerprint density at radius 3 is 2.64 bits per heavy atom. The van der Waals surface area contributed by atoms with Gasteiger partial charge in [0.15, 0.2) is 0 Å². The van der Waals surface area contributed by atoms with E-state index in [1.54, 1.807) is 7.05 Å². The van der Waals surface area contributed by atoms with Crippen LogP contribution in [0.2, 0.25) is 0 Å². The van der Waals surface area contributed by atoms with Crippen LogP contribution in [0.4, 0.5) is 0 Å². The van der Waals surface area contributed by atoms with Gasteiger partial charge in [0.1, 0.15) is 12.7 Å². The Hall–Kier alpha value is -1.10. The lowest BCUT2D eigenvalue weighted by Crippen LogP contribution is -2.30. The molecule has 0 aromatic heterocycles. The third kappa shape index (κ3) is 5.35. The normalized spacial score (nSPS) is 11.7. The van der Waals surface area contributed by atoms with Crippen LogP contribution in [0.5, 0.6) is 0 Å². The molecule has 1 atom stereocenters. The lowest BCUT2D eigenvalue weighted by Gasteiger charge is -2.12. The molecule has 0 bridgehead atoms. The van der Waals surface area contributed by atoms with Gasteiger partial charge in [0.2, 0.25) is 0 Å². The largest absolute Gasteiger partial charge is 0.464 e. The Morgan fingerprint density at radius 2 is 2.18 bits per heavy atom. The van der Waals surface area contributed by atoms with Gasteiger partial charge in [0, 0.05) is 6.54 Å². The van der Waals surface area contributed by atoms with E-state index < -0.39 is 6.10 Å². The first-order valence-corrected chi connectivity index (χ1v) is 3.14. The van der Waals surface area contributed by atoms with Crippen molar-refractivity contribution < 1.29 is 19.1 Å². The molecule has 0 aliphatic carbocycles. The predicted molar refractivity (Wildman–Crippen MR) is 36.9 cm³/mol. The van der Waals surface area contributed by atoms with Crippen LogP contribution in [-0.4, -0.2) is 39.2 Å². The number of carbonyl (C=O) groups excluding carboxylic acids is 2. The average Bonchev–Trinajstić information content (AvgIpc) is 2.01. The van der Waals surface area contributed by atoms with Crippen molar-refractivity contribution in [2.45, 2.75) is 6.10 Å². The van der Waals surface area contributed by atoms with Crippen LogP contribution in [0.3, 0.4) is 0 Å². The summed E-state index contributed by atoms with van der Waals surface area (Å²) < 4.78 is 8.95. The smallest absolute Gasteiger partial charge is 0.293 e. The van der Waals surface area contributed by atoms with Crippen LogP contribution in [0.15, 0.2) is 0 Å². The summed E-state index contributed by atoms with van der Waals surface area (Å²) in [4.78, 5) is 19.6. The van der Waals surface area contributed by atoms with E-state index in [1.807, 2.05) is 0 Å². The van der Waals surface area contributed by atoms with Crippen LogP contribution in [-0.2, 0) is 19.1 Å². The summed E-state index contributed by atoms with van der Waals surface area (Å²) in [5.41, 5.74) is 0. The molecule has 0 aliphatic rings. The summed E-state index contributed by atoms with van der Waals surface area (Å²) >= 11 is 0. The molecule has 0 saturated heterocycles. The van der Waals surface area contributed by atoms with E-state index in [-0.39, 0.29) is 6.61 Å². The minimum Gasteiger partial charge on any atom is -0.464 e. The summed E-state index contributed by atoms with van der Waals surface area (Å²) in [6, 6.07) is 0. The molecule has 0 saturated carbocycles. The van der Waals surface area contributed by atoms with E-state index in [4.69, 9.17) is 0 Å². The summed E-state index contributed by atoms with van der Waals surface area (Å²) in [5.74, 6) is 0. The molecular formula is C6H11NO4. The van der Waals surface area contributed by atoms with Crippen molar-refractivity contribution in [2.75, 3.05) is 20.2 Å². The van der Waals surface area contributed by atoms with Crippen molar-refractivity contribution in [1.82, 2.24) is 5.32 Å². The molecule has 11 heavy (non-hydrogen) atoms. The Bertz CT molecular complexity index is 117. The third-order valence-corrected chi connectivity index (χ3v) is 1.03. The van der Waals surface area contributed by atoms with Crippen molar-refractivity contribution in [1.29, 1.82) is 0 Å². The summed E-state index contributed by atoms with van der Waals surface area (Å²) in [6.45, 7) is 1.20. The number of nitrogens with one attached hydrogen (secondary N) is 1. The van der Waals surface area contributed by atoms with Crippen LogP contribution < -0.4 is 5.32 Å². The molecule has 0 rings (SSSR count). The maximum absolute atomic E-state index is 9.86. The molecular weight excluding hydrogens is 150 g/mol. The first-order chi connectivity index (χ1) is 5.35. The fraction of sp³-hybridized carbons (Fsp3) is 0.667. The van der Waals surface area contributed by atoms with Gasteiger partial charge in [-0.15, -0.1) is 0 Å². The maximum atomic E-state index is 9.86. The average molecular weight is 161 g/mol. The van der Waals surface area contributed by atoms with Gasteiger partial charge in [0.25, 0.3) is 12.9 Å². The quantitative estimate of drug-likeness (QED) is 0.481. The molecule has 0 heterocycles. The van der Waals surface area contributed by atoms with E-state index in [1.165, 1.54) is 0 Å². The van der Waals surface area contributed by atoms with Crippen LogP contribution in [0.25, 0.3) is 0 Å². The van der Waals surface area contributed by atoms with Crippen molar-refractivity contribution in [3.05, 3.63) is 0 Å². The number of rotatable bonds is 7. The van der Waals surface area contributed by atoms with Gasteiger partial charge in [-0.05, 0) is 7.05 Å². The van der Waals surface area contributed by atoms with Crippen molar-refractivity contribution in [2.24, 2.45) is 0 Å². The standard InChI is InChI=1S/C6H11NO4/c1-7-2-6(11-5-9)3-10-4-8/h4-7H,2-3H2,1H3. The Morgan fingerprint density at radius 1 is 1.45 bits per heavy atom. The van der Waals surface area contributed by atoms with Crippen LogP contribution in [0, 0.1) is 0 Å². The molecule has 0 fully saturated rings. The maximum Gasteiger partial charge on any atom is 0.293 e. The van der Waals surface area contributed by atoms with Crippen molar-refractivity contribution >= 4 is 12.9 Å². The highest BCUT2D eigenvalue weighted by molar-refractivity contribution is 5.38. The minimum atomic E-state index is -0.400. The zero-order valence-corrected chi connectivity index (χ0v) is 6.28. The molecule has 0 spiro atoms. The fourth-order valence-electron chi connectivity index (χ4n) is 0.599. The number of hydrogen-bond acceptors (Lipinski definition) is 5. The molecule has 1 unspecified atom stereocenters. The first kappa shape index (κ1) is 9.90. The summed E-state index contributed by atoms with van der Waals surface area (Å²) in [6.07, 6.45) is -0.400. The van der Waals surface area contributed by atoms with Crippen molar-refractivity contribution in [3.63, 3.8) is 0 Å². The Kier molecular flexibility index (Phi) is 6.31. The van der Waals surface area contributed by atoms with Gasteiger partial charge in [0.05, 0.1) is 0 Å². The van der Waals surface area contributed by atoms with E-state index in [9.17, 15) is 9.59 Å². The van der Waals surface area contributed by atoms with E-state index in [0.717, 1.165) is 0 Å². The predicted octanol–water partition coefficient (Wildman–Crippen LogP) is -1.08. The zero-order valence-electron chi connectivity index (χ0n) is 6.28. The number of hydrogen-bond donors (Lipinski definition) is 1. The topological polar surface area (TPSA) is 64.6 Å². The molecule has 0 aromatic rings. The highest BCUT2D eigenvalue weighted by Crippen LogP contribution is 1.87. The number of carbonyl (C=O) groups is 2. The summed E-state index contributed by atoms with van der Waals surface area (Å²) in [5, 5.41) is 2.78. The van der Waals surface area contributed by atoms with Gasteiger partial charge in [-0.2, -0.15) is 0 Å². The Balaban J connectivity index is 3.49. The van der Waals surface area contributed by atoms with Gasteiger partial charge in [-0.25, -0.2) is 0 Å². The second-order valence-electron chi connectivity index (χ2n) is 1.84. The molecule has 0 aliphatic heterocycles. The number of ether oxygens (including phenoxy) is 2. The second-order valence-corrected chi connectivity index (χ2v) is 1.84. The highest BCUT2D eigenvalue weighted by atomic mass is 16.6. The Labute approximate surface area is 64.7 Å². The number of likely N-dealkylation sites (N-methyl/N-ethyl adjacent to an activating group) is 1. The fourth-order valence-corrected chi connectivity index (χ4v) is 0.599. The van der Waals surface area contributed by atoms with Gasteiger partial charge >= 0.3 is 0 Å². The van der Waals surface area contributed by atoms with Gasteiger partial charge in [-0.1, -0.05) is 0 Å². The lowest BCUT2D eigenvalue weighted by atomic mass is 10.4.